The van der Waals surface area contributed by atoms with Gasteiger partial charge in [0.15, 0.2) is 0 Å². The van der Waals surface area contributed by atoms with Crippen molar-refractivity contribution in [1.29, 1.82) is 0 Å². The number of rotatable bonds is 1. The molecule has 1 aromatic heterocycles. The Bertz CT molecular complexity index is 772. The molecule has 2 N–H and O–H groups in total. The summed E-state index contributed by atoms with van der Waals surface area (Å²) in [7, 11) is 0. The molecule has 1 amide bonds. The Kier molecular flexibility index (Phi) is 2.17. The molecular weight excluding hydrogens is 332 g/mol. The zero-order valence-corrected chi connectivity index (χ0v) is 13.0. The molecule has 4 heterocycles. The van der Waals surface area contributed by atoms with E-state index in [-0.39, 0.29) is 11.3 Å². The van der Waals surface area contributed by atoms with Crippen LogP contribution in [0.1, 0.15) is 19.3 Å². The fourth-order valence-corrected chi connectivity index (χ4v) is 4.90. The summed E-state index contributed by atoms with van der Waals surface area (Å²) in [4.78, 5) is 14.8. The molecule has 3 atom stereocenters. The van der Waals surface area contributed by atoms with Crippen LogP contribution >= 0.6 is 15.9 Å². The van der Waals surface area contributed by atoms with E-state index in [1.807, 2.05) is 12.3 Å². The van der Waals surface area contributed by atoms with Gasteiger partial charge in [-0.1, -0.05) is 15.9 Å². The third kappa shape index (κ3) is 1.46. The van der Waals surface area contributed by atoms with Gasteiger partial charge in [-0.2, -0.15) is 5.10 Å². The van der Waals surface area contributed by atoms with Crippen LogP contribution in [0.15, 0.2) is 22.8 Å². The van der Waals surface area contributed by atoms with Gasteiger partial charge in [-0.15, -0.1) is 0 Å². The minimum absolute atomic E-state index is 0.169. The first-order valence-corrected chi connectivity index (χ1v) is 8.16. The Labute approximate surface area is 130 Å². The van der Waals surface area contributed by atoms with Gasteiger partial charge in [-0.25, -0.2) is 0 Å². The summed E-state index contributed by atoms with van der Waals surface area (Å²) in [6.07, 6.45) is 5.01. The number of H-pyrrole nitrogens is 1. The second kappa shape index (κ2) is 3.80. The van der Waals surface area contributed by atoms with Crippen LogP contribution in [0, 0.1) is 5.41 Å². The van der Waals surface area contributed by atoms with Gasteiger partial charge in [-0.05, 0) is 31.4 Å². The van der Waals surface area contributed by atoms with Gasteiger partial charge in [0.2, 0.25) is 5.91 Å². The van der Waals surface area contributed by atoms with Gasteiger partial charge < -0.3 is 10.2 Å². The third-order valence-corrected chi connectivity index (χ3v) is 5.94. The number of amides is 1. The molecular formula is C15H15BrN4O. The van der Waals surface area contributed by atoms with Crippen LogP contribution in [0.5, 0.6) is 0 Å². The molecule has 0 radical (unpaired) electrons. The molecule has 1 aromatic carbocycles. The monoisotopic (exact) mass is 346 g/mol. The lowest BCUT2D eigenvalue weighted by atomic mass is 9.69. The van der Waals surface area contributed by atoms with Crippen molar-refractivity contribution < 1.29 is 4.79 Å². The zero-order valence-electron chi connectivity index (χ0n) is 11.4. The lowest BCUT2D eigenvalue weighted by molar-refractivity contribution is -0.136. The molecule has 1 spiro atoms. The first kappa shape index (κ1) is 12.0. The molecule has 4 aliphatic rings. The summed E-state index contributed by atoms with van der Waals surface area (Å²) in [5, 5.41) is 11.6. The van der Waals surface area contributed by atoms with Crippen molar-refractivity contribution in [3.05, 3.63) is 22.8 Å². The maximum atomic E-state index is 12.3. The Balaban J connectivity index is 1.68. The highest BCUT2D eigenvalue weighted by Gasteiger charge is 2.59. The summed E-state index contributed by atoms with van der Waals surface area (Å²) in [6.45, 7) is 0.830. The lowest BCUT2D eigenvalue weighted by Crippen LogP contribution is -2.59. The smallest absolute Gasteiger partial charge is 0.228 e. The van der Waals surface area contributed by atoms with Crippen molar-refractivity contribution in [2.75, 3.05) is 11.4 Å². The quantitative estimate of drug-likeness (QED) is 0.831. The van der Waals surface area contributed by atoms with Gasteiger partial charge in [0.1, 0.15) is 0 Å². The number of benzene rings is 1. The van der Waals surface area contributed by atoms with Crippen molar-refractivity contribution in [3.63, 3.8) is 0 Å². The largest absolute Gasteiger partial charge is 0.365 e. The molecule has 108 valence electrons. The molecule has 3 aliphatic heterocycles. The van der Waals surface area contributed by atoms with E-state index in [1.54, 1.807) is 0 Å². The molecule has 5 nitrogen and oxygen atoms in total. The van der Waals surface area contributed by atoms with Gasteiger partial charge in [0.05, 0.1) is 23.2 Å². The molecule has 21 heavy (non-hydrogen) atoms. The number of carbonyl (C=O) groups is 1. The van der Waals surface area contributed by atoms with E-state index in [9.17, 15) is 4.79 Å². The average Bonchev–Trinajstić information content (AvgIpc) is 3.02. The first-order chi connectivity index (χ1) is 10.2. The van der Waals surface area contributed by atoms with Crippen LogP contribution in [-0.4, -0.2) is 34.7 Å². The summed E-state index contributed by atoms with van der Waals surface area (Å²) < 4.78 is 1.04. The number of nitrogens with one attached hydrogen (secondary N) is 2. The number of halogens is 1. The second-order valence-electron chi connectivity index (χ2n) is 6.55. The molecule has 3 saturated heterocycles. The van der Waals surface area contributed by atoms with E-state index < -0.39 is 0 Å². The molecule has 6 heteroatoms. The normalized spacial score (nSPS) is 33.8. The Hall–Kier alpha value is -1.56. The van der Waals surface area contributed by atoms with Crippen molar-refractivity contribution >= 4 is 38.4 Å². The van der Waals surface area contributed by atoms with Crippen molar-refractivity contribution in [1.82, 2.24) is 15.5 Å². The Morgan fingerprint density at radius 3 is 3.14 bits per heavy atom. The first-order valence-electron chi connectivity index (χ1n) is 7.37. The summed E-state index contributed by atoms with van der Waals surface area (Å²) in [6, 6.07) is 4.91. The summed E-state index contributed by atoms with van der Waals surface area (Å²) >= 11 is 3.59. The maximum absolute atomic E-state index is 12.3. The molecule has 2 aromatic rings. The molecule has 6 rings (SSSR count). The summed E-state index contributed by atoms with van der Waals surface area (Å²) in [5.74, 6) is 0.260. The fraction of sp³-hybridized carbons (Fsp3) is 0.467. The highest BCUT2D eigenvalue weighted by Crippen LogP contribution is 2.51. The second-order valence-corrected chi connectivity index (χ2v) is 7.47. The van der Waals surface area contributed by atoms with E-state index >= 15 is 0 Å². The van der Waals surface area contributed by atoms with Gasteiger partial charge in [0.25, 0.3) is 0 Å². The van der Waals surface area contributed by atoms with E-state index in [4.69, 9.17) is 0 Å². The number of anilines is 1. The highest BCUT2D eigenvalue weighted by atomic mass is 79.9. The molecule has 1 aliphatic carbocycles. The van der Waals surface area contributed by atoms with E-state index in [0.29, 0.717) is 12.1 Å². The van der Waals surface area contributed by atoms with Gasteiger partial charge >= 0.3 is 0 Å². The fourth-order valence-electron chi connectivity index (χ4n) is 4.45. The summed E-state index contributed by atoms with van der Waals surface area (Å²) in [5.41, 5.74) is 2.05. The van der Waals surface area contributed by atoms with Crippen molar-refractivity contribution in [2.45, 2.75) is 31.3 Å². The van der Waals surface area contributed by atoms with Crippen LogP contribution in [0.25, 0.3) is 10.9 Å². The van der Waals surface area contributed by atoms with Crippen molar-refractivity contribution in [2.24, 2.45) is 5.41 Å². The number of hydrogen-bond donors (Lipinski definition) is 2. The number of fused-ring (bicyclic) bond motifs is 3. The van der Waals surface area contributed by atoms with Crippen LogP contribution in [0.3, 0.4) is 0 Å². The highest BCUT2D eigenvalue weighted by molar-refractivity contribution is 9.10. The number of hydrogen-bond acceptors (Lipinski definition) is 3. The maximum Gasteiger partial charge on any atom is 0.228 e. The van der Waals surface area contributed by atoms with E-state index in [0.717, 1.165) is 41.2 Å². The van der Waals surface area contributed by atoms with Crippen LogP contribution < -0.4 is 10.2 Å². The predicted molar refractivity (Wildman–Crippen MR) is 83.1 cm³/mol. The Morgan fingerprint density at radius 2 is 2.33 bits per heavy atom. The van der Waals surface area contributed by atoms with Gasteiger partial charge in [-0.3, -0.25) is 9.89 Å². The molecule has 4 fully saturated rings. The number of piperidine rings is 2. The number of aromatic amines is 1. The predicted octanol–water partition coefficient (Wildman–Crippen LogP) is 2.18. The third-order valence-electron chi connectivity index (χ3n) is 5.48. The SMILES string of the molecule is O=C1NC2CC[C@@]13CC2N(c1cc(Br)cc2[nH]ncc12)C3. The van der Waals surface area contributed by atoms with Gasteiger partial charge in [0, 0.05) is 28.1 Å². The van der Waals surface area contributed by atoms with Crippen LogP contribution in [-0.2, 0) is 4.79 Å². The zero-order chi connectivity index (χ0) is 14.2. The standard InChI is InChI=1S/C15H15BrN4O/c16-8-3-11-9(6-17-19-11)12(4-8)20-7-15-2-1-10(13(20)5-15)18-14(15)21/h3-4,6,10,13H,1-2,5,7H2,(H,17,19)(H,18,21)/t10?,13?,15-/m0/s1. The topological polar surface area (TPSA) is 61.0 Å². The number of nitrogens with zero attached hydrogens (tertiary/aromatic N) is 2. The van der Waals surface area contributed by atoms with Crippen molar-refractivity contribution in [3.8, 4) is 0 Å². The molecule has 3 bridgehead atoms. The molecule has 1 saturated carbocycles. The Morgan fingerprint density at radius 1 is 1.43 bits per heavy atom. The van der Waals surface area contributed by atoms with Crippen LogP contribution in [0.4, 0.5) is 5.69 Å². The lowest BCUT2D eigenvalue weighted by Gasteiger charge is -2.42. The number of aromatic nitrogens is 2. The molecule has 2 unspecified atom stereocenters. The van der Waals surface area contributed by atoms with E-state index in [2.05, 4.69) is 42.4 Å². The van der Waals surface area contributed by atoms with Crippen LogP contribution in [0.2, 0.25) is 0 Å². The average molecular weight is 347 g/mol. The number of carbonyl (C=O) groups excluding carboxylic acids is 1. The minimum atomic E-state index is -0.169. The van der Waals surface area contributed by atoms with E-state index in [1.165, 1.54) is 5.69 Å². The minimum Gasteiger partial charge on any atom is -0.365 e.